The molecule has 0 spiro atoms. The van der Waals surface area contributed by atoms with Gasteiger partial charge in [0, 0.05) is 19.3 Å². The van der Waals surface area contributed by atoms with Crippen LogP contribution in [-0.4, -0.2) is 37.2 Å². The molecule has 6 heteroatoms. The molecular formula is C62H106O6. The van der Waals surface area contributed by atoms with Gasteiger partial charge in [0.05, 0.1) is 0 Å². The van der Waals surface area contributed by atoms with Crippen LogP contribution in [0.4, 0.5) is 0 Å². The Kier molecular flexibility index (Phi) is 53.4. The highest BCUT2D eigenvalue weighted by Crippen LogP contribution is 2.13. The normalized spacial score (nSPS) is 12.7. The summed E-state index contributed by atoms with van der Waals surface area (Å²) in [5.74, 6) is -0.973. The molecule has 0 amide bonds. The molecule has 0 radical (unpaired) electrons. The zero-order valence-electron chi connectivity index (χ0n) is 44.6. The Morgan fingerprint density at radius 1 is 0.294 bits per heavy atom. The van der Waals surface area contributed by atoms with Crippen LogP contribution in [0.15, 0.2) is 85.1 Å². The van der Waals surface area contributed by atoms with Gasteiger partial charge < -0.3 is 14.2 Å². The van der Waals surface area contributed by atoms with E-state index in [1.807, 2.05) is 0 Å². The van der Waals surface area contributed by atoms with Crippen molar-refractivity contribution in [3.8, 4) is 0 Å². The third-order valence-corrected chi connectivity index (χ3v) is 12.2. The molecule has 0 aromatic rings. The van der Waals surface area contributed by atoms with E-state index >= 15 is 0 Å². The molecule has 0 bridgehead atoms. The van der Waals surface area contributed by atoms with Crippen LogP contribution < -0.4 is 0 Å². The lowest BCUT2D eigenvalue weighted by atomic mass is 10.1. The summed E-state index contributed by atoms with van der Waals surface area (Å²) < 4.78 is 16.8. The molecule has 0 saturated heterocycles. The molecule has 1 unspecified atom stereocenters. The van der Waals surface area contributed by atoms with Crippen LogP contribution in [0.25, 0.3) is 0 Å². The molecule has 0 N–H and O–H groups in total. The van der Waals surface area contributed by atoms with Gasteiger partial charge in [0.25, 0.3) is 0 Å². The molecule has 390 valence electrons. The third-order valence-electron chi connectivity index (χ3n) is 12.2. The fraction of sp³-hybridized carbons (Fsp3) is 0.726. The maximum absolute atomic E-state index is 12.8. The molecule has 1 atom stereocenters. The SMILES string of the molecule is CCCCCCC\C=C/C=C\C=C/CCCCCCCC(=O)OCC(COC(=O)CCCCC/C=C\C=C/CCCCCCCCC)OC(=O)CCCCC/C=C\C=C/CCCCCCCCC. The van der Waals surface area contributed by atoms with Crippen LogP contribution in [0.3, 0.4) is 0 Å². The van der Waals surface area contributed by atoms with Crippen molar-refractivity contribution in [2.45, 2.75) is 277 Å². The van der Waals surface area contributed by atoms with Crippen molar-refractivity contribution in [2.24, 2.45) is 0 Å². The summed E-state index contributed by atoms with van der Waals surface area (Å²) in [5.41, 5.74) is 0. The number of allylic oxidation sites excluding steroid dienone is 14. The van der Waals surface area contributed by atoms with Gasteiger partial charge in [-0.25, -0.2) is 0 Å². The lowest BCUT2D eigenvalue weighted by molar-refractivity contribution is -0.167. The minimum atomic E-state index is -0.811. The van der Waals surface area contributed by atoms with E-state index in [-0.39, 0.29) is 37.5 Å². The van der Waals surface area contributed by atoms with E-state index in [9.17, 15) is 14.4 Å². The number of esters is 3. The monoisotopic (exact) mass is 947 g/mol. The van der Waals surface area contributed by atoms with Crippen molar-refractivity contribution < 1.29 is 28.6 Å². The first-order valence-corrected chi connectivity index (χ1v) is 28.7. The molecule has 0 aliphatic rings. The molecule has 6 nitrogen and oxygen atoms in total. The van der Waals surface area contributed by atoms with Gasteiger partial charge in [0.2, 0.25) is 0 Å². The zero-order chi connectivity index (χ0) is 49.3. The number of rotatable bonds is 51. The number of hydrogen-bond acceptors (Lipinski definition) is 6. The second-order valence-electron chi connectivity index (χ2n) is 19.0. The molecule has 0 aliphatic heterocycles. The Labute approximate surface area is 420 Å². The fourth-order valence-electron chi connectivity index (χ4n) is 7.84. The van der Waals surface area contributed by atoms with E-state index in [1.165, 1.54) is 122 Å². The fourth-order valence-corrected chi connectivity index (χ4v) is 7.84. The lowest BCUT2D eigenvalue weighted by Gasteiger charge is -2.18. The largest absolute Gasteiger partial charge is 0.462 e. The van der Waals surface area contributed by atoms with Gasteiger partial charge in [-0.1, -0.05) is 241 Å². The van der Waals surface area contributed by atoms with Crippen molar-refractivity contribution in [1.29, 1.82) is 0 Å². The first kappa shape index (κ1) is 64.6. The first-order valence-electron chi connectivity index (χ1n) is 28.7. The third kappa shape index (κ3) is 53.5. The Hall–Kier alpha value is -3.41. The molecule has 0 fully saturated rings. The summed E-state index contributed by atoms with van der Waals surface area (Å²) in [5, 5.41) is 0. The van der Waals surface area contributed by atoms with E-state index in [2.05, 4.69) is 106 Å². The Morgan fingerprint density at radius 2 is 0.529 bits per heavy atom. The summed E-state index contributed by atoms with van der Waals surface area (Å²) in [6, 6.07) is 0. The standard InChI is InChI=1S/C62H106O6/c1-4-7-10-13-16-19-22-25-28-31-32-35-37-40-43-46-49-52-55-61(64)67-58-59(68-62(65)56-53-50-47-44-41-38-34-30-27-24-21-18-15-12-9-6-3)57-66-60(63)54-51-48-45-42-39-36-33-29-26-23-20-17-14-11-8-5-2/h22,25,28-36,38-39,41,59H,4-21,23-24,26-27,37,40,42-58H2,1-3H3/b25-22-,31-28-,33-29-,34-30-,35-32-,39-36-,41-38-. The van der Waals surface area contributed by atoms with Gasteiger partial charge in [-0.15, -0.1) is 0 Å². The Balaban J connectivity index is 4.51. The smallest absolute Gasteiger partial charge is 0.306 e. The molecule has 0 saturated carbocycles. The van der Waals surface area contributed by atoms with Gasteiger partial charge >= 0.3 is 17.9 Å². The maximum atomic E-state index is 12.8. The molecule has 0 aromatic carbocycles. The molecule has 0 aliphatic carbocycles. The summed E-state index contributed by atoms with van der Waals surface area (Å²) in [6.07, 6.45) is 72.8. The highest BCUT2D eigenvalue weighted by atomic mass is 16.6. The Bertz CT molecular complexity index is 1320. The average Bonchev–Trinajstić information content (AvgIpc) is 3.34. The minimum Gasteiger partial charge on any atom is -0.462 e. The average molecular weight is 948 g/mol. The molecule has 0 heterocycles. The van der Waals surface area contributed by atoms with Crippen LogP contribution >= 0.6 is 0 Å². The van der Waals surface area contributed by atoms with Gasteiger partial charge in [-0.3, -0.25) is 14.4 Å². The predicted molar refractivity (Wildman–Crippen MR) is 293 cm³/mol. The van der Waals surface area contributed by atoms with E-state index in [0.717, 1.165) is 109 Å². The lowest BCUT2D eigenvalue weighted by Crippen LogP contribution is -2.30. The number of ether oxygens (including phenoxy) is 3. The maximum Gasteiger partial charge on any atom is 0.306 e. The second kappa shape index (κ2) is 56.2. The van der Waals surface area contributed by atoms with Gasteiger partial charge in [0.15, 0.2) is 6.10 Å². The summed E-state index contributed by atoms with van der Waals surface area (Å²) in [6.45, 7) is 6.56. The van der Waals surface area contributed by atoms with Gasteiger partial charge in [-0.05, 0) is 96.3 Å². The van der Waals surface area contributed by atoms with Crippen molar-refractivity contribution in [2.75, 3.05) is 13.2 Å². The van der Waals surface area contributed by atoms with E-state index < -0.39 is 6.10 Å². The van der Waals surface area contributed by atoms with Crippen LogP contribution in [-0.2, 0) is 28.6 Å². The van der Waals surface area contributed by atoms with Crippen LogP contribution in [0.2, 0.25) is 0 Å². The molecule has 0 rings (SSSR count). The highest BCUT2D eigenvalue weighted by molar-refractivity contribution is 5.71. The van der Waals surface area contributed by atoms with Crippen LogP contribution in [0.1, 0.15) is 271 Å². The topological polar surface area (TPSA) is 78.9 Å². The summed E-state index contributed by atoms with van der Waals surface area (Å²) in [4.78, 5) is 38.1. The molecular weight excluding hydrogens is 841 g/mol. The molecule has 0 aromatic heterocycles. The highest BCUT2D eigenvalue weighted by Gasteiger charge is 2.19. The summed E-state index contributed by atoms with van der Waals surface area (Å²) >= 11 is 0. The molecule has 68 heavy (non-hydrogen) atoms. The summed E-state index contributed by atoms with van der Waals surface area (Å²) in [7, 11) is 0. The number of hydrogen-bond donors (Lipinski definition) is 0. The van der Waals surface area contributed by atoms with Crippen molar-refractivity contribution >= 4 is 17.9 Å². The van der Waals surface area contributed by atoms with E-state index in [1.54, 1.807) is 0 Å². The zero-order valence-corrected chi connectivity index (χ0v) is 44.6. The van der Waals surface area contributed by atoms with Crippen molar-refractivity contribution in [3.63, 3.8) is 0 Å². The number of carbonyl (C=O) groups is 3. The quantitative estimate of drug-likeness (QED) is 0.0262. The number of carbonyl (C=O) groups excluding carboxylic acids is 3. The minimum absolute atomic E-state index is 0.107. The van der Waals surface area contributed by atoms with E-state index in [0.29, 0.717) is 12.8 Å². The van der Waals surface area contributed by atoms with Crippen molar-refractivity contribution in [1.82, 2.24) is 0 Å². The van der Waals surface area contributed by atoms with E-state index in [4.69, 9.17) is 14.2 Å². The first-order chi connectivity index (χ1) is 33.5. The van der Waals surface area contributed by atoms with Gasteiger partial charge in [-0.2, -0.15) is 0 Å². The van der Waals surface area contributed by atoms with Crippen LogP contribution in [0.5, 0.6) is 0 Å². The van der Waals surface area contributed by atoms with Crippen LogP contribution in [0, 0.1) is 0 Å². The Morgan fingerprint density at radius 3 is 0.838 bits per heavy atom. The second-order valence-corrected chi connectivity index (χ2v) is 19.0. The van der Waals surface area contributed by atoms with Crippen molar-refractivity contribution in [3.05, 3.63) is 85.1 Å². The van der Waals surface area contributed by atoms with Gasteiger partial charge in [0.1, 0.15) is 13.2 Å². The predicted octanol–water partition coefficient (Wildman–Crippen LogP) is 19.2. The number of unbranched alkanes of at least 4 members (excludes halogenated alkanes) is 30.